The lowest BCUT2D eigenvalue weighted by Crippen LogP contribution is -2.18. The topological polar surface area (TPSA) is 29.0 Å². The lowest BCUT2D eigenvalue weighted by atomic mass is 10.3. The minimum atomic E-state index is 0.504. The fourth-order valence-electron chi connectivity index (χ4n) is 1.70. The molecule has 0 atom stereocenters. The summed E-state index contributed by atoms with van der Waals surface area (Å²) < 4.78 is 1.15. The first kappa shape index (κ1) is 13.9. The van der Waals surface area contributed by atoms with E-state index in [0.29, 0.717) is 11.7 Å². The summed E-state index contributed by atoms with van der Waals surface area (Å²) in [6.07, 6.45) is 0. The van der Waals surface area contributed by atoms with E-state index in [4.69, 9.17) is 11.6 Å². The molecule has 2 aromatic heterocycles. The van der Waals surface area contributed by atoms with Gasteiger partial charge < -0.3 is 0 Å². The number of hydrogen-bond acceptors (Lipinski definition) is 4. The summed E-state index contributed by atoms with van der Waals surface area (Å²) in [4.78, 5) is 10.8. The third-order valence-electron chi connectivity index (χ3n) is 2.35. The third-order valence-corrected chi connectivity index (χ3v) is 4.10. The zero-order valence-electron chi connectivity index (χ0n) is 10.2. The van der Waals surface area contributed by atoms with E-state index in [-0.39, 0.29) is 0 Å². The van der Waals surface area contributed by atoms with E-state index in [1.54, 1.807) is 17.4 Å². The Labute approximate surface area is 124 Å². The van der Waals surface area contributed by atoms with Crippen LogP contribution in [0.15, 0.2) is 21.3 Å². The van der Waals surface area contributed by atoms with E-state index >= 15 is 0 Å². The molecular formula is C12H13BrClN3S. The maximum Gasteiger partial charge on any atom is 0.144 e. The molecule has 0 aliphatic rings. The summed E-state index contributed by atoms with van der Waals surface area (Å²) in [5, 5.41) is 2.65. The molecule has 2 heterocycles. The molecule has 3 nitrogen and oxygen atoms in total. The number of nitrogens with zero attached hydrogens (tertiary/aromatic N) is 3. The predicted molar refractivity (Wildman–Crippen MR) is 79.0 cm³/mol. The van der Waals surface area contributed by atoms with Crippen LogP contribution < -0.4 is 0 Å². The van der Waals surface area contributed by atoms with Crippen molar-refractivity contribution in [1.82, 2.24) is 14.9 Å². The smallest absolute Gasteiger partial charge is 0.144 e. The Morgan fingerprint density at radius 3 is 2.72 bits per heavy atom. The van der Waals surface area contributed by atoms with Crippen LogP contribution in [-0.4, -0.2) is 21.9 Å². The van der Waals surface area contributed by atoms with Crippen molar-refractivity contribution in [3.05, 3.63) is 43.5 Å². The highest BCUT2D eigenvalue weighted by Gasteiger charge is 2.07. The summed E-state index contributed by atoms with van der Waals surface area (Å²) >= 11 is 11.1. The minimum Gasteiger partial charge on any atom is -0.295 e. The number of aryl methyl sites for hydroxylation is 1. The molecule has 2 aromatic rings. The summed E-state index contributed by atoms with van der Waals surface area (Å²) in [5.41, 5.74) is 2.19. The Kier molecular flexibility index (Phi) is 4.72. The average molecular weight is 347 g/mol. The molecule has 96 valence electrons. The van der Waals surface area contributed by atoms with E-state index in [1.165, 1.54) is 5.56 Å². The first-order chi connectivity index (χ1) is 8.52. The highest BCUT2D eigenvalue weighted by atomic mass is 79.9. The van der Waals surface area contributed by atoms with Crippen LogP contribution in [0.1, 0.15) is 17.1 Å². The Balaban J connectivity index is 2.00. The number of thiophene rings is 1. The standard InChI is InChI=1S/C12H13BrClN3S/c1-8-3-11(14)16-12(15-8)6-17(2)5-9-4-10(13)18-7-9/h3-4,7H,5-6H2,1-2H3. The van der Waals surface area contributed by atoms with Gasteiger partial charge in [-0.2, -0.15) is 0 Å². The van der Waals surface area contributed by atoms with Crippen molar-refractivity contribution in [2.24, 2.45) is 0 Å². The summed E-state index contributed by atoms with van der Waals surface area (Å²) in [7, 11) is 2.05. The molecule has 0 saturated carbocycles. The molecule has 6 heteroatoms. The van der Waals surface area contributed by atoms with Crippen LogP contribution in [0.4, 0.5) is 0 Å². The van der Waals surface area contributed by atoms with Crippen LogP contribution in [0, 0.1) is 6.92 Å². The van der Waals surface area contributed by atoms with Gasteiger partial charge in [-0.3, -0.25) is 4.90 Å². The molecule has 0 aromatic carbocycles. The van der Waals surface area contributed by atoms with Gasteiger partial charge in [-0.15, -0.1) is 11.3 Å². The largest absolute Gasteiger partial charge is 0.295 e. The third kappa shape index (κ3) is 4.02. The van der Waals surface area contributed by atoms with E-state index in [0.717, 1.165) is 21.8 Å². The molecule has 0 bridgehead atoms. The van der Waals surface area contributed by atoms with Crippen LogP contribution >= 0.6 is 38.9 Å². The van der Waals surface area contributed by atoms with Gasteiger partial charge in [0.1, 0.15) is 11.0 Å². The molecular weight excluding hydrogens is 334 g/mol. The van der Waals surface area contributed by atoms with E-state index in [9.17, 15) is 0 Å². The van der Waals surface area contributed by atoms with Crippen molar-refractivity contribution in [3.8, 4) is 0 Å². The molecule has 0 aliphatic carbocycles. The van der Waals surface area contributed by atoms with Crippen molar-refractivity contribution < 1.29 is 0 Å². The lowest BCUT2D eigenvalue weighted by Gasteiger charge is -2.15. The monoisotopic (exact) mass is 345 g/mol. The fraction of sp³-hybridized carbons (Fsp3) is 0.333. The lowest BCUT2D eigenvalue weighted by molar-refractivity contribution is 0.310. The van der Waals surface area contributed by atoms with Crippen LogP contribution in [0.5, 0.6) is 0 Å². The molecule has 0 fully saturated rings. The quantitative estimate of drug-likeness (QED) is 0.786. The highest BCUT2D eigenvalue weighted by molar-refractivity contribution is 9.11. The molecule has 0 radical (unpaired) electrons. The van der Waals surface area contributed by atoms with E-state index in [1.807, 2.05) is 14.0 Å². The van der Waals surface area contributed by atoms with Crippen molar-refractivity contribution in [1.29, 1.82) is 0 Å². The molecule has 18 heavy (non-hydrogen) atoms. The Hall–Kier alpha value is -0.490. The van der Waals surface area contributed by atoms with Gasteiger partial charge in [-0.25, -0.2) is 9.97 Å². The molecule has 0 aliphatic heterocycles. The second kappa shape index (κ2) is 6.10. The summed E-state index contributed by atoms with van der Waals surface area (Å²) in [6.45, 7) is 3.49. The van der Waals surface area contributed by atoms with Crippen LogP contribution in [-0.2, 0) is 13.1 Å². The first-order valence-corrected chi connectivity index (χ1v) is 7.49. The molecule has 0 N–H and O–H groups in total. The maximum atomic E-state index is 5.92. The van der Waals surface area contributed by atoms with Crippen LogP contribution in [0.25, 0.3) is 0 Å². The van der Waals surface area contributed by atoms with Gasteiger partial charge in [-0.05, 0) is 53.0 Å². The van der Waals surface area contributed by atoms with Gasteiger partial charge in [0, 0.05) is 12.2 Å². The molecule has 0 unspecified atom stereocenters. The minimum absolute atomic E-state index is 0.504. The van der Waals surface area contributed by atoms with E-state index in [2.05, 4.69) is 42.2 Å². The summed E-state index contributed by atoms with van der Waals surface area (Å²) in [5.74, 6) is 0.761. The van der Waals surface area contributed by atoms with Crippen molar-refractivity contribution in [3.63, 3.8) is 0 Å². The van der Waals surface area contributed by atoms with Gasteiger partial charge in [0.05, 0.1) is 10.3 Å². The molecule has 0 spiro atoms. The zero-order chi connectivity index (χ0) is 13.1. The van der Waals surface area contributed by atoms with Gasteiger partial charge in [0.15, 0.2) is 0 Å². The number of aromatic nitrogens is 2. The highest BCUT2D eigenvalue weighted by Crippen LogP contribution is 2.21. The van der Waals surface area contributed by atoms with Gasteiger partial charge in [-0.1, -0.05) is 11.6 Å². The van der Waals surface area contributed by atoms with Crippen molar-refractivity contribution >= 4 is 38.9 Å². The number of hydrogen-bond donors (Lipinski definition) is 0. The van der Waals surface area contributed by atoms with Crippen molar-refractivity contribution in [2.75, 3.05) is 7.05 Å². The Bertz CT molecular complexity index is 524. The summed E-state index contributed by atoms with van der Waals surface area (Å²) in [6, 6.07) is 3.90. The molecule has 2 rings (SSSR count). The average Bonchev–Trinajstić information content (AvgIpc) is 2.61. The van der Waals surface area contributed by atoms with Crippen LogP contribution in [0.3, 0.4) is 0 Å². The van der Waals surface area contributed by atoms with Gasteiger partial charge in [0.2, 0.25) is 0 Å². The molecule has 0 saturated heterocycles. The normalized spacial score (nSPS) is 11.2. The van der Waals surface area contributed by atoms with Gasteiger partial charge >= 0.3 is 0 Å². The SMILES string of the molecule is Cc1cc(Cl)nc(CN(C)Cc2csc(Br)c2)n1. The second-order valence-corrected chi connectivity index (χ2v) is 6.86. The Morgan fingerprint density at radius 2 is 2.11 bits per heavy atom. The van der Waals surface area contributed by atoms with Gasteiger partial charge in [0.25, 0.3) is 0 Å². The van der Waals surface area contributed by atoms with E-state index < -0.39 is 0 Å². The predicted octanol–water partition coefficient (Wildman–Crippen LogP) is 3.89. The number of halogens is 2. The fourth-order valence-corrected chi connectivity index (χ4v) is 3.15. The second-order valence-electron chi connectivity index (χ2n) is 4.18. The zero-order valence-corrected chi connectivity index (χ0v) is 13.3. The first-order valence-electron chi connectivity index (χ1n) is 5.44. The molecule has 0 amide bonds. The number of rotatable bonds is 4. The maximum absolute atomic E-state index is 5.92. The Morgan fingerprint density at radius 1 is 1.33 bits per heavy atom. The van der Waals surface area contributed by atoms with Crippen molar-refractivity contribution in [2.45, 2.75) is 20.0 Å². The van der Waals surface area contributed by atoms with Crippen LogP contribution in [0.2, 0.25) is 5.15 Å².